The van der Waals surface area contributed by atoms with Gasteiger partial charge in [0.25, 0.3) is 0 Å². The molecular formula is C15H25N3. The summed E-state index contributed by atoms with van der Waals surface area (Å²) in [6.07, 6.45) is 8.48. The van der Waals surface area contributed by atoms with Gasteiger partial charge in [0.05, 0.1) is 0 Å². The maximum Gasteiger partial charge on any atom is 0.132 e. The molecule has 3 heteroatoms. The Morgan fingerprint density at radius 1 is 1.33 bits per heavy atom. The quantitative estimate of drug-likeness (QED) is 0.889. The number of nitrogens with two attached hydrogens (primary N) is 1. The van der Waals surface area contributed by atoms with Gasteiger partial charge in [0.1, 0.15) is 5.82 Å². The molecule has 100 valence electrons. The third kappa shape index (κ3) is 2.83. The van der Waals surface area contributed by atoms with Crippen molar-refractivity contribution in [2.75, 3.05) is 11.9 Å². The molecule has 0 aromatic carbocycles. The minimum absolute atomic E-state index is 0.567. The molecule has 0 aliphatic heterocycles. The van der Waals surface area contributed by atoms with Crippen molar-refractivity contribution in [3.63, 3.8) is 0 Å². The van der Waals surface area contributed by atoms with Gasteiger partial charge in [0, 0.05) is 31.4 Å². The molecule has 0 bridgehead atoms. The van der Waals surface area contributed by atoms with Crippen LogP contribution in [-0.2, 0) is 6.54 Å². The first-order valence-electron chi connectivity index (χ1n) is 7.13. The fourth-order valence-corrected chi connectivity index (χ4v) is 3.02. The van der Waals surface area contributed by atoms with Crippen LogP contribution in [0.25, 0.3) is 0 Å². The first kappa shape index (κ1) is 13.3. The Hall–Kier alpha value is -1.09. The molecule has 2 rings (SSSR count). The molecule has 0 spiro atoms. The van der Waals surface area contributed by atoms with Gasteiger partial charge in [0.15, 0.2) is 0 Å². The molecular weight excluding hydrogens is 222 g/mol. The first-order chi connectivity index (χ1) is 8.76. The van der Waals surface area contributed by atoms with E-state index in [0.717, 1.165) is 17.3 Å². The Labute approximate surface area is 110 Å². The predicted octanol–water partition coefficient (Wildman–Crippen LogP) is 2.95. The van der Waals surface area contributed by atoms with Crippen LogP contribution in [0, 0.1) is 5.92 Å². The summed E-state index contributed by atoms with van der Waals surface area (Å²) in [4.78, 5) is 6.85. The minimum Gasteiger partial charge on any atom is -0.356 e. The summed E-state index contributed by atoms with van der Waals surface area (Å²) >= 11 is 0. The van der Waals surface area contributed by atoms with Crippen molar-refractivity contribution in [3.8, 4) is 0 Å². The largest absolute Gasteiger partial charge is 0.356 e. The van der Waals surface area contributed by atoms with Gasteiger partial charge in [-0.1, -0.05) is 19.4 Å². The molecule has 0 atom stereocenters. The molecule has 1 aliphatic carbocycles. The number of hydrogen-bond acceptors (Lipinski definition) is 3. The number of pyridine rings is 1. The highest BCUT2D eigenvalue weighted by atomic mass is 15.2. The van der Waals surface area contributed by atoms with Gasteiger partial charge in [-0.3, -0.25) is 0 Å². The van der Waals surface area contributed by atoms with Gasteiger partial charge in [-0.05, 0) is 37.7 Å². The van der Waals surface area contributed by atoms with E-state index in [1.807, 2.05) is 12.3 Å². The van der Waals surface area contributed by atoms with E-state index in [9.17, 15) is 0 Å². The first-order valence-corrected chi connectivity index (χ1v) is 7.13. The van der Waals surface area contributed by atoms with Crippen LogP contribution in [0.15, 0.2) is 18.3 Å². The Bertz CT molecular complexity index is 370. The second-order valence-corrected chi connectivity index (χ2v) is 5.38. The average Bonchev–Trinajstić information content (AvgIpc) is 2.46. The highest BCUT2D eigenvalue weighted by Gasteiger charge is 2.24. The van der Waals surface area contributed by atoms with Gasteiger partial charge >= 0.3 is 0 Å². The van der Waals surface area contributed by atoms with E-state index < -0.39 is 0 Å². The average molecular weight is 247 g/mol. The van der Waals surface area contributed by atoms with Gasteiger partial charge in [-0.15, -0.1) is 0 Å². The van der Waals surface area contributed by atoms with Crippen molar-refractivity contribution >= 4 is 5.82 Å². The van der Waals surface area contributed by atoms with Crippen molar-refractivity contribution in [1.29, 1.82) is 0 Å². The summed E-state index contributed by atoms with van der Waals surface area (Å²) in [5, 5.41) is 0. The van der Waals surface area contributed by atoms with Crippen molar-refractivity contribution in [2.24, 2.45) is 11.7 Å². The molecule has 1 heterocycles. The summed E-state index contributed by atoms with van der Waals surface area (Å²) in [6.45, 7) is 2.87. The molecule has 0 radical (unpaired) electrons. The van der Waals surface area contributed by atoms with Crippen molar-refractivity contribution in [3.05, 3.63) is 23.9 Å². The summed E-state index contributed by atoms with van der Waals surface area (Å²) in [5.74, 6) is 2.01. The highest BCUT2D eigenvalue weighted by Crippen LogP contribution is 2.31. The van der Waals surface area contributed by atoms with Crippen LogP contribution in [0.1, 0.15) is 44.6 Å². The van der Waals surface area contributed by atoms with E-state index in [1.165, 1.54) is 32.1 Å². The van der Waals surface area contributed by atoms with E-state index >= 15 is 0 Å². The standard InChI is InChI=1S/C15H25N3/c1-3-12-6-8-14(9-7-12)18(2)15-13(11-16)5-4-10-17-15/h4-5,10,12,14H,3,6-9,11,16H2,1-2H3. The molecule has 0 saturated heterocycles. The van der Waals surface area contributed by atoms with E-state index in [2.05, 4.69) is 29.9 Å². The van der Waals surface area contributed by atoms with E-state index in [1.54, 1.807) is 0 Å². The van der Waals surface area contributed by atoms with Gasteiger partial charge in [-0.2, -0.15) is 0 Å². The molecule has 2 N–H and O–H groups in total. The summed E-state index contributed by atoms with van der Waals surface area (Å²) in [5.41, 5.74) is 6.95. The van der Waals surface area contributed by atoms with E-state index in [0.29, 0.717) is 12.6 Å². The second-order valence-electron chi connectivity index (χ2n) is 5.38. The van der Waals surface area contributed by atoms with Gasteiger partial charge < -0.3 is 10.6 Å². The van der Waals surface area contributed by atoms with Crippen molar-refractivity contribution < 1.29 is 0 Å². The zero-order chi connectivity index (χ0) is 13.0. The van der Waals surface area contributed by atoms with Gasteiger partial charge in [-0.25, -0.2) is 4.98 Å². The monoisotopic (exact) mass is 247 g/mol. The predicted molar refractivity (Wildman–Crippen MR) is 76.6 cm³/mol. The van der Waals surface area contributed by atoms with Crippen LogP contribution < -0.4 is 10.6 Å². The Morgan fingerprint density at radius 2 is 2.06 bits per heavy atom. The second kappa shape index (κ2) is 6.19. The minimum atomic E-state index is 0.567. The molecule has 3 nitrogen and oxygen atoms in total. The molecule has 0 unspecified atom stereocenters. The molecule has 1 aliphatic rings. The molecule has 1 aromatic heterocycles. The lowest BCUT2D eigenvalue weighted by Crippen LogP contribution is -2.36. The Balaban J connectivity index is 2.05. The van der Waals surface area contributed by atoms with Crippen LogP contribution in [0.3, 0.4) is 0 Å². The summed E-state index contributed by atoms with van der Waals surface area (Å²) in [6, 6.07) is 4.68. The lowest BCUT2D eigenvalue weighted by Gasteiger charge is -2.35. The highest BCUT2D eigenvalue weighted by molar-refractivity contribution is 5.46. The van der Waals surface area contributed by atoms with E-state index in [-0.39, 0.29) is 0 Å². The van der Waals surface area contributed by atoms with E-state index in [4.69, 9.17) is 5.73 Å². The fraction of sp³-hybridized carbons (Fsp3) is 0.667. The topological polar surface area (TPSA) is 42.2 Å². The van der Waals surface area contributed by atoms with Crippen molar-refractivity contribution in [1.82, 2.24) is 4.98 Å². The smallest absolute Gasteiger partial charge is 0.132 e. The zero-order valence-corrected chi connectivity index (χ0v) is 11.6. The molecule has 1 fully saturated rings. The third-order valence-electron chi connectivity index (χ3n) is 4.36. The third-order valence-corrected chi connectivity index (χ3v) is 4.36. The molecule has 1 aromatic rings. The Kier molecular flexibility index (Phi) is 4.59. The Morgan fingerprint density at radius 3 is 2.67 bits per heavy atom. The number of rotatable bonds is 4. The van der Waals surface area contributed by atoms with Crippen LogP contribution in [0.2, 0.25) is 0 Å². The molecule has 0 amide bonds. The number of nitrogens with zero attached hydrogens (tertiary/aromatic N) is 2. The summed E-state index contributed by atoms with van der Waals surface area (Å²) in [7, 11) is 2.17. The number of anilines is 1. The van der Waals surface area contributed by atoms with Crippen LogP contribution >= 0.6 is 0 Å². The van der Waals surface area contributed by atoms with Gasteiger partial charge in [0.2, 0.25) is 0 Å². The molecule has 18 heavy (non-hydrogen) atoms. The molecule has 1 saturated carbocycles. The lowest BCUT2D eigenvalue weighted by molar-refractivity contribution is 0.312. The summed E-state index contributed by atoms with van der Waals surface area (Å²) < 4.78 is 0. The van der Waals surface area contributed by atoms with Crippen LogP contribution in [0.5, 0.6) is 0 Å². The van der Waals surface area contributed by atoms with Crippen molar-refractivity contribution in [2.45, 2.75) is 51.6 Å². The lowest BCUT2D eigenvalue weighted by atomic mass is 9.84. The van der Waals surface area contributed by atoms with Crippen LogP contribution in [0.4, 0.5) is 5.82 Å². The number of hydrogen-bond donors (Lipinski definition) is 1. The number of aromatic nitrogens is 1. The maximum atomic E-state index is 5.79. The van der Waals surface area contributed by atoms with Crippen LogP contribution in [-0.4, -0.2) is 18.1 Å². The fourth-order valence-electron chi connectivity index (χ4n) is 3.02. The zero-order valence-electron chi connectivity index (χ0n) is 11.6. The normalized spacial score (nSPS) is 23.9. The SMILES string of the molecule is CCC1CCC(N(C)c2ncccc2CN)CC1. The maximum absolute atomic E-state index is 5.79.